The lowest BCUT2D eigenvalue weighted by molar-refractivity contribution is 0.0937. The van der Waals surface area contributed by atoms with Gasteiger partial charge in [0.05, 0.1) is 17.8 Å². The van der Waals surface area contributed by atoms with E-state index in [2.05, 4.69) is 10.3 Å². The van der Waals surface area contributed by atoms with E-state index < -0.39 is 0 Å². The van der Waals surface area contributed by atoms with Crippen molar-refractivity contribution in [3.05, 3.63) is 95.7 Å². The predicted molar refractivity (Wildman–Crippen MR) is 114 cm³/mol. The Morgan fingerprint density at radius 3 is 2.67 bits per heavy atom. The van der Waals surface area contributed by atoms with Gasteiger partial charge in [0.25, 0.3) is 5.91 Å². The summed E-state index contributed by atoms with van der Waals surface area (Å²) in [6, 6.07) is 22.4. The molecule has 1 unspecified atom stereocenters. The fourth-order valence-electron chi connectivity index (χ4n) is 4.02. The van der Waals surface area contributed by atoms with Crippen LogP contribution in [0.15, 0.2) is 83.4 Å². The highest BCUT2D eigenvalue weighted by atomic mass is 16.4. The Morgan fingerprint density at radius 1 is 1.00 bits per heavy atom. The van der Waals surface area contributed by atoms with Crippen molar-refractivity contribution in [3.8, 4) is 28.5 Å². The first kappa shape index (κ1) is 18.2. The SMILES string of the molecule is O=C(NC1CCc2c(O)cccc21)c1ccccc1-c1ncc(-c2ccccc2)o1. The number of carbonyl (C=O) groups excluding carboxylic acids is 1. The van der Waals surface area contributed by atoms with Crippen molar-refractivity contribution >= 4 is 5.91 Å². The molecule has 1 atom stereocenters. The second-order valence-corrected chi connectivity index (χ2v) is 7.35. The largest absolute Gasteiger partial charge is 0.508 e. The average Bonchev–Trinajstić information content (AvgIpc) is 3.43. The summed E-state index contributed by atoms with van der Waals surface area (Å²) in [6.45, 7) is 0. The molecule has 0 aliphatic heterocycles. The first-order valence-corrected chi connectivity index (χ1v) is 9.93. The van der Waals surface area contributed by atoms with Gasteiger partial charge in [-0.2, -0.15) is 0 Å². The van der Waals surface area contributed by atoms with Crippen LogP contribution in [0.25, 0.3) is 22.8 Å². The van der Waals surface area contributed by atoms with Gasteiger partial charge < -0.3 is 14.8 Å². The molecule has 5 heteroatoms. The Labute approximate surface area is 174 Å². The molecular formula is C25H20N2O3. The first-order chi connectivity index (χ1) is 14.7. The number of nitrogens with zero attached hydrogens (tertiary/aromatic N) is 1. The van der Waals surface area contributed by atoms with E-state index in [1.54, 1.807) is 18.3 Å². The summed E-state index contributed by atoms with van der Waals surface area (Å²) in [7, 11) is 0. The highest BCUT2D eigenvalue weighted by Gasteiger charge is 2.27. The van der Waals surface area contributed by atoms with Crippen molar-refractivity contribution in [3.63, 3.8) is 0 Å². The molecular weight excluding hydrogens is 376 g/mol. The molecule has 0 radical (unpaired) electrons. The Kier molecular flexibility index (Phi) is 4.56. The van der Waals surface area contributed by atoms with Crippen LogP contribution in [0, 0.1) is 0 Å². The molecule has 148 valence electrons. The number of oxazole rings is 1. The quantitative estimate of drug-likeness (QED) is 0.501. The maximum Gasteiger partial charge on any atom is 0.252 e. The topological polar surface area (TPSA) is 75.4 Å². The predicted octanol–water partition coefficient (Wildman–Crippen LogP) is 5.13. The molecule has 1 heterocycles. The summed E-state index contributed by atoms with van der Waals surface area (Å²) < 4.78 is 5.96. The number of benzene rings is 3. The van der Waals surface area contributed by atoms with Crippen molar-refractivity contribution in [1.82, 2.24) is 10.3 Å². The Morgan fingerprint density at radius 2 is 1.80 bits per heavy atom. The van der Waals surface area contributed by atoms with Gasteiger partial charge in [0.2, 0.25) is 5.89 Å². The lowest BCUT2D eigenvalue weighted by Crippen LogP contribution is -2.27. The summed E-state index contributed by atoms with van der Waals surface area (Å²) in [5.74, 6) is 1.16. The number of hydrogen-bond acceptors (Lipinski definition) is 4. The number of fused-ring (bicyclic) bond motifs is 1. The van der Waals surface area contributed by atoms with Gasteiger partial charge in [0.15, 0.2) is 5.76 Å². The van der Waals surface area contributed by atoms with Crippen LogP contribution < -0.4 is 5.32 Å². The van der Waals surface area contributed by atoms with Crippen LogP contribution in [0.1, 0.15) is 33.9 Å². The van der Waals surface area contributed by atoms with Gasteiger partial charge in [-0.1, -0.05) is 54.6 Å². The van der Waals surface area contributed by atoms with Crippen LogP contribution in [0.5, 0.6) is 5.75 Å². The van der Waals surface area contributed by atoms with Crippen molar-refractivity contribution in [2.24, 2.45) is 0 Å². The third-order valence-corrected chi connectivity index (χ3v) is 5.52. The van der Waals surface area contributed by atoms with Gasteiger partial charge >= 0.3 is 0 Å². The summed E-state index contributed by atoms with van der Waals surface area (Å²) in [5.41, 5.74) is 3.97. The minimum Gasteiger partial charge on any atom is -0.508 e. The monoisotopic (exact) mass is 396 g/mol. The van der Waals surface area contributed by atoms with Crippen LogP contribution in [-0.2, 0) is 6.42 Å². The van der Waals surface area contributed by atoms with E-state index in [0.717, 1.165) is 29.5 Å². The number of aromatic hydroxyl groups is 1. The minimum atomic E-state index is -0.189. The zero-order valence-electron chi connectivity index (χ0n) is 16.2. The van der Waals surface area contributed by atoms with Gasteiger partial charge in [-0.3, -0.25) is 4.79 Å². The highest BCUT2D eigenvalue weighted by molar-refractivity contribution is 6.00. The van der Waals surface area contributed by atoms with Gasteiger partial charge in [-0.05, 0) is 42.2 Å². The molecule has 0 fully saturated rings. The number of phenols is 1. The Balaban J connectivity index is 1.43. The van der Waals surface area contributed by atoms with Crippen molar-refractivity contribution in [2.45, 2.75) is 18.9 Å². The van der Waals surface area contributed by atoms with E-state index in [9.17, 15) is 9.90 Å². The van der Waals surface area contributed by atoms with Crippen molar-refractivity contribution < 1.29 is 14.3 Å². The van der Waals surface area contributed by atoms with Crippen LogP contribution in [0.2, 0.25) is 0 Å². The molecule has 2 N–H and O–H groups in total. The molecule has 5 nitrogen and oxygen atoms in total. The number of nitrogens with one attached hydrogen (secondary N) is 1. The normalized spacial score (nSPS) is 15.0. The lowest BCUT2D eigenvalue weighted by Gasteiger charge is -2.15. The van der Waals surface area contributed by atoms with E-state index in [1.807, 2.05) is 60.7 Å². The third-order valence-electron chi connectivity index (χ3n) is 5.52. The summed E-state index contributed by atoms with van der Waals surface area (Å²) in [5, 5.41) is 13.2. The molecule has 1 aliphatic carbocycles. The lowest BCUT2D eigenvalue weighted by atomic mass is 10.0. The number of amides is 1. The van der Waals surface area contributed by atoms with E-state index in [1.165, 1.54) is 0 Å². The third kappa shape index (κ3) is 3.24. The van der Waals surface area contributed by atoms with E-state index in [4.69, 9.17) is 4.42 Å². The van der Waals surface area contributed by atoms with Crippen LogP contribution >= 0.6 is 0 Å². The van der Waals surface area contributed by atoms with Crippen molar-refractivity contribution in [1.29, 1.82) is 0 Å². The van der Waals surface area contributed by atoms with Gasteiger partial charge in [0.1, 0.15) is 5.75 Å². The molecule has 30 heavy (non-hydrogen) atoms. The summed E-state index contributed by atoms with van der Waals surface area (Å²) >= 11 is 0. The molecule has 1 aromatic heterocycles. The number of phenolic OH excluding ortho intramolecular Hbond substituents is 1. The maximum atomic E-state index is 13.1. The molecule has 3 aromatic carbocycles. The molecule has 4 aromatic rings. The van der Waals surface area contributed by atoms with Crippen LogP contribution in [0.4, 0.5) is 0 Å². The molecule has 0 saturated carbocycles. The highest BCUT2D eigenvalue weighted by Crippen LogP contribution is 2.37. The molecule has 0 bridgehead atoms. The van der Waals surface area contributed by atoms with E-state index >= 15 is 0 Å². The number of rotatable bonds is 4. The summed E-state index contributed by atoms with van der Waals surface area (Å²) in [4.78, 5) is 17.5. The van der Waals surface area contributed by atoms with E-state index in [-0.39, 0.29) is 17.7 Å². The van der Waals surface area contributed by atoms with Gasteiger partial charge in [-0.25, -0.2) is 4.98 Å². The first-order valence-electron chi connectivity index (χ1n) is 9.93. The standard InChI is InChI=1S/C25H20N2O3/c28-22-12-6-11-17-18(22)13-14-21(17)27-24(29)19-9-4-5-10-20(19)25-26-15-23(30-25)16-7-2-1-3-8-16/h1-12,15,21,28H,13-14H2,(H,27,29). The Hall–Kier alpha value is -3.86. The Bertz CT molecular complexity index is 1210. The fraction of sp³-hybridized carbons (Fsp3) is 0.120. The zero-order valence-corrected chi connectivity index (χ0v) is 16.2. The molecule has 0 spiro atoms. The second kappa shape index (κ2) is 7.52. The number of carbonyl (C=O) groups is 1. The van der Waals surface area contributed by atoms with E-state index in [0.29, 0.717) is 22.8 Å². The molecule has 1 amide bonds. The van der Waals surface area contributed by atoms with Crippen LogP contribution in [-0.4, -0.2) is 16.0 Å². The molecule has 1 aliphatic rings. The number of aromatic nitrogens is 1. The molecule has 0 saturated heterocycles. The molecule has 5 rings (SSSR count). The second-order valence-electron chi connectivity index (χ2n) is 7.35. The zero-order chi connectivity index (χ0) is 20.5. The fourth-order valence-corrected chi connectivity index (χ4v) is 4.02. The van der Waals surface area contributed by atoms with Crippen molar-refractivity contribution in [2.75, 3.05) is 0 Å². The summed E-state index contributed by atoms with van der Waals surface area (Å²) in [6.07, 6.45) is 3.18. The number of hydrogen-bond donors (Lipinski definition) is 2. The van der Waals surface area contributed by atoms with Gasteiger partial charge in [-0.15, -0.1) is 0 Å². The van der Waals surface area contributed by atoms with Gasteiger partial charge in [0, 0.05) is 11.1 Å². The minimum absolute atomic E-state index is 0.128. The van der Waals surface area contributed by atoms with Crippen LogP contribution in [0.3, 0.4) is 0 Å². The maximum absolute atomic E-state index is 13.1. The smallest absolute Gasteiger partial charge is 0.252 e. The average molecular weight is 396 g/mol.